The first-order valence-corrected chi connectivity index (χ1v) is 7.01. The molecule has 0 fully saturated rings. The van der Waals surface area contributed by atoms with Crippen molar-refractivity contribution in [2.24, 2.45) is 0 Å². The number of rotatable bonds is 2. The van der Waals surface area contributed by atoms with Gasteiger partial charge in [-0.25, -0.2) is 0 Å². The summed E-state index contributed by atoms with van der Waals surface area (Å²) in [5, 5.41) is 14.3. The zero-order chi connectivity index (χ0) is 15.1. The second kappa shape index (κ2) is 4.73. The third kappa shape index (κ3) is 1.87. The van der Waals surface area contributed by atoms with E-state index in [1.807, 2.05) is 30.5 Å². The first-order valence-electron chi connectivity index (χ1n) is 7.01. The van der Waals surface area contributed by atoms with Crippen LogP contribution in [0.2, 0.25) is 0 Å². The molecule has 2 heterocycles. The Kier molecular flexibility index (Phi) is 2.72. The van der Waals surface area contributed by atoms with E-state index < -0.39 is 0 Å². The minimum Gasteiger partial charge on any atom is -0.371 e. The Balaban J connectivity index is 1.80. The summed E-state index contributed by atoms with van der Waals surface area (Å²) in [6.45, 7) is 0. The Labute approximate surface area is 127 Å². The molecular weight excluding hydrogens is 278 g/mol. The molecule has 1 atom stereocenters. The molecule has 0 aliphatic carbocycles. The second-order valence-electron chi connectivity index (χ2n) is 5.25. The fourth-order valence-electron chi connectivity index (χ4n) is 2.93. The van der Waals surface area contributed by atoms with Crippen LogP contribution in [0.15, 0.2) is 66.9 Å². The molecule has 22 heavy (non-hydrogen) atoms. The van der Waals surface area contributed by atoms with E-state index in [0.717, 1.165) is 22.6 Å². The van der Waals surface area contributed by atoms with Gasteiger partial charge in [-0.1, -0.05) is 12.1 Å². The van der Waals surface area contributed by atoms with Gasteiger partial charge in [-0.05, 0) is 42.0 Å². The van der Waals surface area contributed by atoms with Crippen molar-refractivity contribution in [2.45, 2.75) is 6.04 Å². The maximum atomic E-state index is 10.8. The van der Waals surface area contributed by atoms with Crippen molar-refractivity contribution in [3.8, 4) is 5.69 Å². The summed E-state index contributed by atoms with van der Waals surface area (Å²) in [6.07, 6.45) is 2.04. The fraction of sp³-hybridized carbons (Fsp3) is 0.0588. The van der Waals surface area contributed by atoms with Gasteiger partial charge in [-0.3, -0.25) is 10.1 Å². The van der Waals surface area contributed by atoms with E-state index in [-0.39, 0.29) is 16.7 Å². The normalized spacial score (nSPS) is 15.5. The molecule has 1 aliphatic heterocycles. The minimum atomic E-state index is -0.379. The van der Waals surface area contributed by atoms with Crippen LogP contribution in [0.25, 0.3) is 5.69 Å². The topological polar surface area (TPSA) is 60.1 Å². The smallest absolute Gasteiger partial charge is 0.269 e. The Morgan fingerprint density at radius 3 is 2.55 bits per heavy atom. The van der Waals surface area contributed by atoms with Gasteiger partial charge < -0.3 is 9.88 Å². The Morgan fingerprint density at radius 1 is 1.00 bits per heavy atom. The van der Waals surface area contributed by atoms with Crippen molar-refractivity contribution in [1.82, 2.24) is 4.57 Å². The molecule has 0 amide bonds. The predicted octanol–water partition coefficient (Wildman–Crippen LogP) is 3.90. The molecule has 5 nitrogen and oxygen atoms in total. The average molecular weight is 291 g/mol. The summed E-state index contributed by atoms with van der Waals surface area (Å²) >= 11 is 0. The lowest BCUT2D eigenvalue weighted by Gasteiger charge is -2.29. The molecule has 3 aromatic rings. The zero-order valence-electron chi connectivity index (χ0n) is 11.6. The number of para-hydroxylation sites is 2. The lowest BCUT2D eigenvalue weighted by Crippen LogP contribution is -2.21. The van der Waals surface area contributed by atoms with Gasteiger partial charge in [0.2, 0.25) is 0 Å². The van der Waals surface area contributed by atoms with Gasteiger partial charge in [-0.2, -0.15) is 0 Å². The predicted molar refractivity (Wildman–Crippen MR) is 84.3 cm³/mol. The molecule has 0 saturated carbocycles. The van der Waals surface area contributed by atoms with Crippen LogP contribution >= 0.6 is 0 Å². The molecule has 0 saturated heterocycles. The van der Waals surface area contributed by atoms with Crippen LogP contribution in [0.3, 0.4) is 0 Å². The largest absolute Gasteiger partial charge is 0.371 e. The van der Waals surface area contributed by atoms with Gasteiger partial charge in [0.05, 0.1) is 22.3 Å². The summed E-state index contributed by atoms with van der Waals surface area (Å²) in [4.78, 5) is 10.4. The highest BCUT2D eigenvalue weighted by atomic mass is 16.6. The van der Waals surface area contributed by atoms with Crippen molar-refractivity contribution in [3.63, 3.8) is 0 Å². The molecule has 1 N–H and O–H groups in total. The number of hydrogen-bond donors (Lipinski definition) is 1. The van der Waals surface area contributed by atoms with E-state index in [2.05, 4.69) is 22.0 Å². The molecule has 4 rings (SSSR count). The Morgan fingerprint density at radius 2 is 1.77 bits per heavy atom. The highest BCUT2D eigenvalue weighted by molar-refractivity contribution is 5.67. The molecule has 1 aromatic heterocycles. The highest BCUT2D eigenvalue weighted by Gasteiger charge is 2.24. The Bertz CT molecular complexity index is 852. The van der Waals surface area contributed by atoms with Gasteiger partial charge in [0.1, 0.15) is 0 Å². The minimum absolute atomic E-state index is 0.0225. The van der Waals surface area contributed by atoms with Crippen LogP contribution in [-0.4, -0.2) is 9.49 Å². The maximum absolute atomic E-state index is 10.8. The van der Waals surface area contributed by atoms with Crippen LogP contribution in [0, 0.1) is 10.1 Å². The van der Waals surface area contributed by atoms with E-state index in [9.17, 15) is 10.1 Å². The molecular formula is C17H13N3O2. The Hall–Kier alpha value is -3.08. The summed E-state index contributed by atoms with van der Waals surface area (Å²) in [6, 6.07) is 18.9. The zero-order valence-corrected chi connectivity index (χ0v) is 11.6. The van der Waals surface area contributed by atoms with Crippen molar-refractivity contribution >= 4 is 11.4 Å². The van der Waals surface area contributed by atoms with Crippen molar-refractivity contribution in [3.05, 3.63) is 88.2 Å². The fourth-order valence-corrected chi connectivity index (χ4v) is 2.93. The number of non-ortho nitro benzene ring substituents is 1. The summed E-state index contributed by atoms with van der Waals surface area (Å²) in [5.41, 5.74) is 4.39. The standard InChI is InChI=1S/C17H13N3O2/c21-20(22)13-9-7-12(8-10-13)17-16-6-3-11-19(16)15-5-2-1-4-14(15)18-17/h1-11,17-18H. The van der Waals surface area contributed by atoms with Gasteiger partial charge in [0.15, 0.2) is 0 Å². The lowest BCUT2D eigenvalue weighted by molar-refractivity contribution is -0.384. The van der Waals surface area contributed by atoms with Crippen LogP contribution in [0.5, 0.6) is 0 Å². The molecule has 1 aliphatic rings. The highest BCUT2D eigenvalue weighted by Crippen LogP contribution is 2.37. The maximum Gasteiger partial charge on any atom is 0.269 e. The molecule has 0 radical (unpaired) electrons. The summed E-state index contributed by atoms with van der Waals surface area (Å²) in [5.74, 6) is 0. The van der Waals surface area contributed by atoms with E-state index in [0.29, 0.717) is 0 Å². The monoisotopic (exact) mass is 291 g/mol. The van der Waals surface area contributed by atoms with Crippen LogP contribution in [0.1, 0.15) is 17.3 Å². The number of aromatic nitrogens is 1. The van der Waals surface area contributed by atoms with Crippen LogP contribution in [0.4, 0.5) is 11.4 Å². The molecule has 0 spiro atoms. The van der Waals surface area contributed by atoms with Gasteiger partial charge in [0, 0.05) is 24.0 Å². The molecule has 0 bridgehead atoms. The number of anilines is 1. The van der Waals surface area contributed by atoms with E-state index in [1.54, 1.807) is 24.3 Å². The number of fused-ring (bicyclic) bond motifs is 3. The van der Waals surface area contributed by atoms with E-state index >= 15 is 0 Å². The number of benzene rings is 2. The lowest BCUT2D eigenvalue weighted by atomic mass is 10.0. The molecule has 2 aromatic carbocycles. The number of nitrogens with zero attached hydrogens (tertiary/aromatic N) is 2. The molecule has 108 valence electrons. The van der Waals surface area contributed by atoms with Gasteiger partial charge >= 0.3 is 0 Å². The van der Waals surface area contributed by atoms with Gasteiger partial charge in [0.25, 0.3) is 5.69 Å². The van der Waals surface area contributed by atoms with Crippen molar-refractivity contribution < 1.29 is 4.92 Å². The van der Waals surface area contributed by atoms with Crippen LogP contribution in [-0.2, 0) is 0 Å². The number of hydrogen-bond acceptors (Lipinski definition) is 3. The first-order chi connectivity index (χ1) is 10.7. The van der Waals surface area contributed by atoms with Crippen molar-refractivity contribution in [1.29, 1.82) is 0 Å². The third-order valence-corrected chi connectivity index (χ3v) is 3.98. The first kappa shape index (κ1) is 12.6. The molecule has 5 heteroatoms. The van der Waals surface area contributed by atoms with Gasteiger partial charge in [-0.15, -0.1) is 0 Å². The second-order valence-corrected chi connectivity index (χ2v) is 5.25. The summed E-state index contributed by atoms with van der Waals surface area (Å²) < 4.78 is 2.15. The number of nitrogens with one attached hydrogen (secondary N) is 1. The quantitative estimate of drug-likeness (QED) is 0.575. The summed E-state index contributed by atoms with van der Waals surface area (Å²) in [7, 11) is 0. The van der Waals surface area contributed by atoms with E-state index in [1.165, 1.54) is 0 Å². The average Bonchev–Trinajstić information content (AvgIpc) is 3.04. The van der Waals surface area contributed by atoms with Crippen LogP contribution < -0.4 is 5.32 Å². The van der Waals surface area contributed by atoms with Crippen molar-refractivity contribution in [2.75, 3.05) is 5.32 Å². The van der Waals surface area contributed by atoms with E-state index in [4.69, 9.17) is 0 Å². The SMILES string of the molecule is O=[N+]([O-])c1ccc(C2Nc3ccccc3-n3cccc32)cc1. The number of nitro groups is 1. The molecule has 1 unspecified atom stereocenters. The number of nitro benzene ring substituents is 1. The third-order valence-electron chi connectivity index (χ3n) is 3.98.